The normalized spacial score (nSPS) is 40.5. The van der Waals surface area contributed by atoms with Crippen LogP contribution in [0.25, 0.3) is 0 Å². The van der Waals surface area contributed by atoms with E-state index in [-0.39, 0.29) is 0 Å². The molecule has 52 valence electrons. The SMILES string of the molecule is N#CC=C1[C@H]2CCCC[C@@H]12. The molecular formula is C9H11N. The van der Waals surface area contributed by atoms with Crippen LogP contribution in [0.15, 0.2) is 11.6 Å². The molecule has 2 fully saturated rings. The maximum atomic E-state index is 8.40. The van der Waals surface area contributed by atoms with Gasteiger partial charge in [0.05, 0.1) is 6.07 Å². The van der Waals surface area contributed by atoms with Crippen molar-refractivity contribution in [2.45, 2.75) is 25.7 Å². The molecule has 1 nitrogen and oxygen atoms in total. The number of hydrogen-bond donors (Lipinski definition) is 0. The van der Waals surface area contributed by atoms with E-state index in [1.165, 1.54) is 31.3 Å². The van der Waals surface area contributed by atoms with E-state index in [9.17, 15) is 0 Å². The van der Waals surface area contributed by atoms with Crippen molar-refractivity contribution in [3.8, 4) is 6.07 Å². The lowest BCUT2D eigenvalue weighted by molar-refractivity contribution is 0.480. The Bertz CT molecular complexity index is 195. The zero-order chi connectivity index (χ0) is 6.97. The van der Waals surface area contributed by atoms with Crippen LogP contribution in [0.5, 0.6) is 0 Å². The Labute approximate surface area is 61.4 Å². The lowest BCUT2D eigenvalue weighted by Crippen LogP contribution is -1.91. The first kappa shape index (κ1) is 5.97. The second-order valence-electron chi connectivity index (χ2n) is 3.27. The molecule has 2 aliphatic rings. The molecule has 2 atom stereocenters. The number of fused-ring (bicyclic) bond motifs is 1. The van der Waals surface area contributed by atoms with Crippen molar-refractivity contribution >= 4 is 0 Å². The summed E-state index contributed by atoms with van der Waals surface area (Å²) in [5.74, 6) is 1.65. The van der Waals surface area contributed by atoms with Gasteiger partial charge in [0, 0.05) is 6.08 Å². The van der Waals surface area contributed by atoms with Crippen molar-refractivity contribution < 1.29 is 0 Å². The van der Waals surface area contributed by atoms with Crippen molar-refractivity contribution in [1.29, 1.82) is 5.26 Å². The molecule has 0 spiro atoms. The smallest absolute Gasteiger partial charge is 0.0911 e. The Morgan fingerprint density at radius 3 is 2.40 bits per heavy atom. The third-order valence-corrected chi connectivity index (χ3v) is 2.74. The van der Waals surface area contributed by atoms with Gasteiger partial charge in [0.15, 0.2) is 0 Å². The maximum absolute atomic E-state index is 8.40. The molecule has 0 amide bonds. The lowest BCUT2D eigenvalue weighted by atomic mass is 10.0. The van der Waals surface area contributed by atoms with Crippen molar-refractivity contribution in [1.82, 2.24) is 0 Å². The van der Waals surface area contributed by atoms with Crippen LogP contribution < -0.4 is 0 Å². The van der Waals surface area contributed by atoms with Crippen LogP contribution in [0, 0.1) is 23.2 Å². The van der Waals surface area contributed by atoms with Crippen LogP contribution in [0.3, 0.4) is 0 Å². The minimum atomic E-state index is 0.827. The maximum Gasteiger partial charge on any atom is 0.0911 e. The summed E-state index contributed by atoms with van der Waals surface area (Å²) in [6, 6.07) is 2.12. The molecule has 10 heavy (non-hydrogen) atoms. The first-order valence-corrected chi connectivity index (χ1v) is 4.03. The van der Waals surface area contributed by atoms with Crippen LogP contribution in [-0.4, -0.2) is 0 Å². The summed E-state index contributed by atoms with van der Waals surface area (Å²) in [6.45, 7) is 0. The van der Waals surface area contributed by atoms with Gasteiger partial charge in [-0.15, -0.1) is 0 Å². The first-order valence-electron chi connectivity index (χ1n) is 4.03. The van der Waals surface area contributed by atoms with E-state index in [1.54, 1.807) is 6.08 Å². The molecule has 2 saturated carbocycles. The van der Waals surface area contributed by atoms with Crippen molar-refractivity contribution in [2.75, 3.05) is 0 Å². The topological polar surface area (TPSA) is 23.8 Å². The second kappa shape index (κ2) is 2.12. The fraction of sp³-hybridized carbons (Fsp3) is 0.667. The van der Waals surface area contributed by atoms with Gasteiger partial charge in [-0.3, -0.25) is 0 Å². The van der Waals surface area contributed by atoms with Crippen LogP contribution in [0.4, 0.5) is 0 Å². The Hall–Kier alpha value is -0.770. The van der Waals surface area contributed by atoms with Crippen LogP contribution in [0.2, 0.25) is 0 Å². The summed E-state index contributed by atoms with van der Waals surface area (Å²) >= 11 is 0. The fourth-order valence-electron chi connectivity index (χ4n) is 2.16. The highest BCUT2D eigenvalue weighted by Gasteiger charge is 2.44. The predicted octanol–water partition coefficient (Wildman–Crippen LogP) is 2.26. The Morgan fingerprint density at radius 2 is 1.90 bits per heavy atom. The molecule has 1 heteroatoms. The Balaban J connectivity index is 2.07. The Morgan fingerprint density at radius 1 is 1.30 bits per heavy atom. The molecule has 0 aliphatic heterocycles. The molecule has 0 N–H and O–H groups in total. The van der Waals surface area contributed by atoms with Crippen LogP contribution >= 0.6 is 0 Å². The molecule has 0 unspecified atom stereocenters. The minimum absolute atomic E-state index is 0.827. The van der Waals surface area contributed by atoms with E-state index in [0.717, 1.165) is 11.8 Å². The average molecular weight is 133 g/mol. The standard InChI is InChI=1S/C9H11N/c10-6-5-9-7-3-1-2-4-8(7)9/h5,7-8H,1-4H2/t7-,8+. The summed E-state index contributed by atoms with van der Waals surface area (Å²) in [5, 5.41) is 8.40. The first-order chi connectivity index (χ1) is 4.93. The van der Waals surface area contributed by atoms with E-state index in [0.29, 0.717) is 0 Å². The van der Waals surface area contributed by atoms with E-state index in [1.807, 2.05) is 0 Å². The Kier molecular flexibility index (Phi) is 1.27. The molecule has 0 aromatic rings. The zero-order valence-electron chi connectivity index (χ0n) is 6.01. The molecule has 0 aromatic carbocycles. The van der Waals surface area contributed by atoms with E-state index >= 15 is 0 Å². The number of rotatable bonds is 0. The molecule has 0 saturated heterocycles. The van der Waals surface area contributed by atoms with E-state index in [4.69, 9.17) is 5.26 Å². The van der Waals surface area contributed by atoms with Gasteiger partial charge in [0.25, 0.3) is 0 Å². The number of hydrogen-bond acceptors (Lipinski definition) is 1. The van der Waals surface area contributed by atoms with Gasteiger partial charge < -0.3 is 0 Å². The highest BCUT2D eigenvalue weighted by molar-refractivity contribution is 5.34. The van der Waals surface area contributed by atoms with Gasteiger partial charge in [-0.05, 0) is 24.7 Å². The molecular weight excluding hydrogens is 122 g/mol. The molecule has 0 radical (unpaired) electrons. The fourth-order valence-corrected chi connectivity index (χ4v) is 2.16. The molecule has 2 rings (SSSR count). The zero-order valence-corrected chi connectivity index (χ0v) is 6.01. The van der Waals surface area contributed by atoms with E-state index in [2.05, 4.69) is 6.07 Å². The third-order valence-electron chi connectivity index (χ3n) is 2.74. The average Bonchev–Trinajstić information content (AvgIpc) is 2.66. The highest BCUT2D eigenvalue weighted by Crippen LogP contribution is 2.54. The summed E-state index contributed by atoms with van der Waals surface area (Å²) in [5.41, 5.74) is 1.44. The summed E-state index contributed by atoms with van der Waals surface area (Å²) < 4.78 is 0. The largest absolute Gasteiger partial charge is 0.193 e. The molecule has 0 bridgehead atoms. The van der Waals surface area contributed by atoms with Gasteiger partial charge in [-0.1, -0.05) is 18.4 Å². The monoisotopic (exact) mass is 133 g/mol. The number of nitrogens with zero attached hydrogens (tertiary/aromatic N) is 1. The van der Waals surface area contributed by atoms with Gasteiger partial charge >= 0.3 is 0 Å². The van der Waals surface area contributed by atoms with Crippen molar-refractivity contribution in [2.24, 2.45) is 11.8 Å². The predicted molar refractivity (Wildman–Crippen MR) is 39.1 cm³/mol. The molecule has 2 aliphatic carbocycles. The minimum Gasteiger partial charge on any atom is -0.193 e. The van der Waals surface area contributed by atoms with Gasteiger partial charge in [0.2, 0.25) is 0 Å². The van der Waals surface area contributed by atoms with Gasteiger partial charge in [-0.25, -0.2) is 0 Å². The highest BCUT2D eigenvalue weighted by atomic mass is 14.5. The lowest BCUT2D eigenvalue weighted by Gasteiger charge is -2.04. The van der Waals surface area contributed by atoms with Crippen LogP contribution in [-0.2, 0) is 0 Å². The van der Waals surface area contributed by atoms with Gasteiger partial charge in [-0.2, -0.15) is 5.26 Å². The number of allylic oxidation sites excluding steroid dienone is 2. The summed E-state index contributed by atoms with van der Waals surface area (Å²) in [4.78, 5) is 0. The molecule has 0 heterocycles. The summed E-state index contributed by atoms with van der Waals surface area (Å²) in [7, 11) is 0. The van der Waals surface area contributed by atoms with Gasteiger partial charge in [0.1, 0.15) is 0 Å². The van der Waals surface area contributed by atoms with Crippen molar-refractivity contribution in [3.63, 3.8) is 0 Å². The summed E-state index contributed by atoms with van der Waals surface area (Å²) in [6.07, 6.45) is 7.21. The second-order valence-corrected chi connectivity index (χ2v) is 3.27. The van der Waals surface area contributed by atoms with E-state index < -0.39 is 0 Å². The molecule has 0 aromatic heterocycles. The number of nitriles is 1. The van der Waals surface area contributed by atoms with Crippen molar-refractivity contribution in [3.05, 3.63) is 11.6 Å². The third kappa shape index (κ3) is 0.759. The quantitative estimate of drug-likeness (QED) is 0.465. The van der Waals surface area contributed by atoms with Crippen LogP contribution in [0.1, 0.15) is 25.7 Å².